The zero-order valence-electron chi connectivity index (χ0n) is 12.8. The number of anilines is 1. The molecule has 2 aromatic heterocycles. The summed E-state index contributed by atoms with van der Waals surface area (Å²) in [7, 11) is 0. The van der Waals surface area contributed by atoms with Crippen LogP contribution >= 0.6 is 0 Å². The van der Waals surface area contributed by atoms with Crippen molar-refractivity contribution in [1.82, 2.24) is 19.5 Å². The number of ether oxygens (including phenoxy) is 1. The SMILES string of the molecule is Nc1ncnc2c1ncn2C1CC(COCc2ccccc2)C1. The van der Waals surface area contributed by atoms with Crippen molar-refractivity contribution in [3.8, 4) is 0 Å². The fourth-order valence-electron chi connectivity index (χ4n) is 3.12. The molecular formula is C17H19N5O. The lowest BCUT2D eigenvalue weighted by Crippen LogP contribution is -2.29. The summed E-state index contributed by atoms with van der Waals surface area (Å²) in [6, 6.07) is 10.7. The molecule has 0 unspecified atom stereocenters. The summed E-state index contributed by atoms with van der Waals surface area (Å²) in [5.74, 6) is 1.04. The number of imidazole rings is 1. The second-order valence-electron chi connectivity index (χ2n) is 6.07. The fourth-order valence-corrected chi connectivity index (χ4v) is 3.12. The average molecular weight is 309 g/mol. The topological polar surface area (TPSA) is 78.9 Å². The Morgan fingerprint density at radius 1 is 1.13 bits per heavy atom. The van der Waals surface area contributed by atoms with E-state index in [1.807, 2.05) is 24.5 Å². The van der Waals surface area contributed by atoms with Crippen LogP contribution in [0.4, 0.5) is 5.82 Å². The van der Waals surface area contributed by atoms with Crippen LogP contribution in [0.15, 0.2) is 43.0 Å². The first-order chi connectivity index (χ1) is 11.3. The van der Waals surface area contributed by atoms with Gasteiger partial charge in [0.05, 0.1) is 12.9 Å². The summed E-state index contributed by atoms with van der Waals surface area (Å²) < 4.78 is 7.94. The third kappa shape index (κ3) is 2.77. The monoisotopic (exact) mass is 309 g/mol. The molecule has 3 aromatic rings. The number of nitrogens with two attached hydrogens (primary N) is 1. The predicted molar refractivity (Wildman–Crippen MR) is 87.6 cm³/mol. The van der Waals surface area contributed by atoms with E-state index in [4.69, 9.17) is 10.5 Å². The van der Waals surface area contributed by atoms with E-state index in [1.165, 1.54) is 11.9 Å². The predicted octanol–water partition coefficient (Wildman–Crippen LogP) is 2.58. The zero-order chi connectivity index (χ0) is 15.6. The molecule has 0 radical (unpaired) electrons. The molecular weight excluding hydrogens is 290 g/mol. The second kappa shape index (κ2) is 5.96. The van der Waals surface area contributed by atoms with Gasteiger partial charge in [-0.25, -0.2) is 15.0 Å². The van der Waals surface area contributed by atoms with Crippen molar-refractivity contribution in [2.75, 3.05) is 12.3 Å². The highest BCUT2D eigenvalue weighted by molar-refractivity contribution is 5.81. The molecule has 2 heterocycles. The molecule has 1 fully saturated rings. The van der Waals surface area contributed by atoms with Gasteiger partial charge in [0, 0.05) is 12.6 Å². The third-order valence-corrected chi connectivity index (χ3v) is 4.46. The van der Waals surface area contributed by atoms with E-state index < -0.39 is 0 Å². The van der Waals surface area contributed by atoms with Crippen molar-refractivity contribution in [1.29, 1.82) is 0 Å². The number of hydrogen-bond acceptors (Lipinski definition) is 5. The first kappa shape index (κ1) is 14.1. The van der Waals surface area contributed by atoms with Crippen LogP contribution in [0.1, 0.15) is 24.4 Å². The van der Waals surface area contributed by atoms with Crippen LogP contribution in [0, 0.1) is 5.92 Å². The molecule has 6 heteroatoms. The zero-order valence-corrected chi connectivity index (χ0v) is 12.8. The van der Waals surface area contributed by atoms with Crippen molar-refractivity contribution < 1.29 is 4.74 Å². The van der Waals surface area contributed by atoms with Gasteiger partial charge in [0.1, 0.15) is 11.8 Å². The van der Waals surface area contributed by atoms with Crippen LogP contribution in [0.3, 0.4) is 0 Å². The maximum absolute atomic E-state index is 5.83. The van der Waals surface area contributed by atoms with Gasteiger partial charge in [-0.3, -0.25) is 0 Å². The van der Waals surface area contributed by atoms with Crippen LogP contribution in [0.5, 0.6) is 0 Å². The van der Waals surface area contributed by atoms with Gasteiger partial charge in [-0.05, 0) is 24.3 Å². The lowest BCUT2D eigenvalue weighted by molar-refractivity contribution is 0.0385. The Kier molecular flexibility index (Phi) is 3.67. The van der Waals surface area contributed by atoms with E-state index in [0.29, 0.717) is 29.9 Å². The van der Waals surface area contributed by atoms with E-state index in [2.05, 4.69) is 31.7 Å². The molecule has 0 aliphatic heterocycles. The van der Waals surface area contributed by atoms with Crippen LogP contribution in [-0.4, -0.2) is 26.1 Å². The van der Waals surface area contributed by atoms with Crippen molar-refractivity contribution in [3.63, 3.8) is 0 Å². The van der Waals surface area contributed by atoms with Gasteiger partial charge < -0.3 is 15.0 Å². The number of fused-ring (bicyclic) bond motifs is 1. The first-order valence-electron chi connectivity index (χ1n) is 7.86. The summed E-state index contributed by atoms with van der Waals surface area (Å²) >= 11 is 0. The van der Waals surface area contributed by atoms with Gasteiger partial charge in [0.25, 0.3) is 0 Å². The minimum Gasteiger partial charge on any atom is -0.382 e. The Morgan fingerprint density at radius 3 is 2.78 bits per heavy atom. The van der Waals surface area contributed by atoms with Gasteiger partial charge in [0.2, 0.25) is 0 Å². The molecule has 23 heavy (non-hydrogen) atoms. The number of rotatable bonds is 5. The largest absolute Gasteiger partial charge is 0.382 e. The van der Waals surface area contributed by atoms with Crippen LogP contribution in [0.25, 0.3) is 11.2 Å². The molecule has 1 aliphatic rings. The van der Waals surface area contributed by atoms with Gasteiger partial charge >= 0.3 is 0 Å². The minimum absolute atomic E-state index is 0.430. The summed E-state index contributed by atoms with van der Waals surface area (Å²) in [6.07, 6.45) is 5.49. The summed E-state index contributed by atoms with van der Waals surface area (Å²) in [6.45, 7) is 1.48. The molecule has 0 bridgehead atoms. The normalized spacial score (nSPS) is 20.5. The van der Waals surface area contributed by atoms with Crippen LogP contribution in [0.2, 0.25) is 0 Å². The molecule has 4 rings (SSSR count). The van der Waals surface area contributed by atoms with Crippen molar-refractivity contribution in [3.05, 3.63) is 48.5 Å². The van der Waals surface area contributed by atoms with Gasteiger partial charge in [-0.15, -0.1) is 0 Å². The Labute approximate surface area is 134 Å². The van der Waals surface area contributed by atoms with E-state index in [9.17, 15) is 0 Å². The Morgan fingerprint density at radius 2 is 1.96 bits per heavy atom. The van der Waals surface area contributed by atoms with Crippen molar-refractivity contribution >= 4 is 17.0 Å². The van der Waals surface area contributed by atoms with E-state index in [0.717, 1.165) is 25.1 Å². The molecule has 0 amide bonds. The first-order valence-corrected chi connectivity index (χ1v) is 7.86. The molecule has 1 saturated carbocycles. The molecule has 1 aromatic carbocycles. The quantitative estimate of drug-likeness (QED) is 0.783. The number of nitrogen functional groups attached to an aromatic ring is 1. The Bertz CT molecular complexity index is 795. The number of nitrogens with zero attached hydrogens (tertiary/aromatic N) is 4. The van der Waals surface area contributed by atoms with Gasteiger partial charge in [0.15, 0.2) is 11.5 Å². The smallest absolute Gasteiger partial charge is 0.165 e. The van der Waals surface area contributed by atoms with E-state index >= 15 is 0 Å². The Balaban J connectivity index is 1.32. The molecule has 1 aliphatic carbocycles. The standard InChI is InChI=1S/C17H19N5O/c18-16-15-17(20-10-19-16)22(11-21-15)14-6-13(7-14)9-23-8-12-4-2-1-3-5-12/h1-5,10-11,13-14H,6-9H2,(H2,18,19,20). The van der Waals surface area contributed by atoms with Crippen molar-refractivity contribution in [2.24, 2.45) is 5.92 Å². The fraction of sp³-hybridized carbons (Fsp3) is 0.353. The molecule has 0 saturated heterocycles. The van der Waals surface area contributed by atoms with Crippen LogP contribution < -0.4 is 5.73 Å². The lowest BCUT2D eigenvalue weighted by Gasteiger charge is -2.36. The molecule has 0 atom stereocenters. The molecule has 2 N–H and O–H groups in total. The number of aromatic nitrogens is 4. The highest BCUT2D eigenvalue weighted by Gasteiger charge is 2.31. The molecule has 0 spiro atoms. The highest BCUT2D eigenvalue weighted by atomic mass is 16.5. The molecule has 118 valence electrons. The summed E-state index contributed by atoms with van der Waals surface area (Å²) in [4.78, 5) is 12.6. The van der Waals surface area contributed by atoms with E-state index in [1.54, 1.807) is 0 Å². The number of hydrogen-bond donors (Lipinski definition) is 1. The summed E-state index contributed by atoms with van der Waals surface area (Å²) in [5.41, 5.74) is 8.57. The maximum atomic E-state index is 5.83. The maximum Gasteiger partial charge on any atom is 0.165 e. The Hall–Kier alpha value is -2.47. The third-order valence-electron chi connectivity index (χ3n) is 4.46. The van der Waals surface area contributed by atoms with Gasteiger partial charge in [-0.2, -0.15) is 0 Å². The number of benzene rings is 1. The second-order valence-corrected chi connectivity index (χ2v) is 6.07. The van der Waals surface area contributed by atoms with Gasteiger partial charge in [-0.1, -0.05) is 30.3 Å². The summed E-state index contributed by atoms with van der Waals surface area (Å²) in [5, 5.41) is 0. The van der Waals surface area contributed by atoms with Crippen molar-refractivity contribution in [2.45, 2.75) is 25.5 Å². The lowest BCUT2D eigenvalue weighted by atomic mass is 9.80. The average Bonchev–Trinajstić information content (AvgIpc) is 2.96. The highest BCUT2D eigenvalue weighted by Crippen LogP contribution is 2.39. The molecule has 6 nitrogen and oxygen atoms in total. The minimum atomic E-state index is 0.430. The van der Waals surface area contributed by atoms with Crippen LogP contribution in [-0.2, 0) is 11.3 Å². The van der Waals surface area contributed by atoms with E-state index in [-0.39, 0.29) is 0 Å².